The molecule has 0 spiro atoms. The summed E-state index contributed by atoms with van der Waals surface area (Å²) < 4.78 is 54.1. The summed E-state index contributed by atoms with van der Waals surface area (Å²) >= 11 is 1.26. The van der Waals surface area contributed by atoms with E-state index in [1.165, 1.54) is 53.1 Å². The first-order chi connectivity index (χ1) is 21.5. The lowest BCUT2D eigenvalue weighted by Crippen LogP contribution is -2.43. The van der Waals surface area contributed by atoms with Gasteiger partial charge in [0.2, 0.25) is 0 Å². The van der Waals surface area contributed by atoms with Gasteiger partial charge in [0, 0.05) is 11.3 Å². The molecule has 1 aliphatic rings. The molecule has 6 nitrogen and oxygen atoms in total. The number of alkyl halides is 3. The number of carbonyl (C=O) groups excluding carboxylic acids is 2. The number of carbonyl (C=O) groups is 3. The number of carboxylic acids is 1. The Labute approximate surface area is 260 Å². The summed E-state index contributed by atoms with van der Waals surface area (Å²) in [5.74, 6) is -2.93. The highest BCUT2D eigenvalue weighted by Crippen LogP contribution is 2.43. The monoisotopic (exact) mass is 634 g/mol. The van der Waals surface area contributed by atoms with Crippen LogP contribution in [0.2, 0.25) is 0 Å². The number of halogens is 4. The molecule has 11 heteroatoms. The summed E-state index contributed by atoms with van der Waals surface area (Å²) in [6, 6.07) is 24.8. The minimum Gasteiger partial charge on any atom is -0.481 e. The lowest BCUT2D eigenvalue weighted by Gasteiger charge is -2.30. The van der Waals surface area contributed by atoms with Gasteiger partial charge in [-0.3, -0.25) is 14.4 Å². The van der Waals surface area contributed by atoms with Crippen molar-refractivity contribution in [3.8, 4) is 11.1 Å². The Morgan fingerprint density at radius 2 is 1.56 bits per heavy atom. The second kappa shape index (κ2) is 13.4. The highest BCUT2D eigenvalue weighted by molar-refractivity contribution is 7.99. The average Bonchev–Trinajstić information content (AvgIpc) is 3.43. The van der Waals surface area contributed by atoms with E-state index >= 15 is 0 Å². The molecular weight excluding hydrogens is 608 g/mol. The molecule has 1 heterocycles. The van der Waals surface area contributed by atoms with Crippen LogP contribution in [0.25, 0.3) is 17.2 Å². The first kappa shape index (κ1) is 31.5. The van der Waals surface area contributed by atoms with Gasteiger partial charge in [-0.05, 0) is 64.7 Å². The van der Waals surface area contributed by atoms with E-state index < -0.39 is 53.2 Å². The maximum Gasteiger partial charge on any atom is 0.416 e. The number of amides is 2. The summed E-state index contributed by atoms with van der Waals surface area (Å²) in [4.78, 5) is 40.7. The van der Waals surface area contributed by atoms with E-state index in [0.29, 0.717) is 5.56 Å². The Morgan fingerprint density at radius 1 is 0.889 bits per heavy atom. The lowest BCUT2D eigenvalue weighted by atomic mass is 10.0. The number of benzene rings is 4. The second-order valence-corrected chi connectivity index (χ2v) is 11.4. The van der Waals surface area contributed by atoms with Crippen LogP contribution in [0.4, 0.5) is 17.6 Å². The van der Waals surface area contributed by atoms with Gasteiger partial charge in [0.15, 0.2) is 0 Å². The van der Waals surface area contributed by atoms with Crippen molar-refractivity contribution in [2.45, 2.75) is 24.0 Å². The Bertz CT molecular complexity index is 1730. The number of aliphatic carboxylic acids is 1. The fourth-order valence-corrected chi connectivity index (χ4v) is 6.43. The zero-order chi connectivity index (χ0) is 32.1. The van der Waals surface area contributed by atoms with E-state index in [1.807, 2.05) is 30.3 Å². The van der Waals surface area contributed by atoms with Crippen LogP contribution in [0.3, 0.4) is 0 Å². The third-order valence-electron chi connectivity index (χ3n) is 7.15. The highest BCUT2D eigenvalue weighted by atomic mass is 32.2. The van der Waals surface area contributed by atoms with Crippen LogP contribution in [0.15, 0.2) is 109 Å². The summed E-state index contributed by atoms with van der Waals surface area (Å²) in [6.45, 7) is 0. The average molecular weight is 635 g/mol. The highest BCUT2D eigenvalue weighted by Gasteiger charge is 2.41. The molecule has 4 aromatic rings. The molecule has 1 aliphatic heterocycles. The number of hydrogen-bond donors (Lipinski definition) is 2. The molecule has 0 saturated carbocycles. The molecule has 1 unspecified atom stereocenters. The fourth-order valence-electron chi connectivity index (χ4n) is 4.97. The maximum absolute atomic E-state index is 14.2. The van der Waals surface area contributed by atoms with Gasteiger partial charge in [0.05, 0.1) is 18.0 Å². The van der Waals surface area contributed by atoms with Gasteiger partial charge in [-0.1, -0.05) is 66.7 Å². The molecule has 2 N–H and O–H groups in total. The molecule has 2 amide bonds. The van der Waals surface area contributed by atoms with Gasteiger partial charge in [0.1, 0.15) is 16.9 Å². The molecule has 5 rings (SSSR count). The largest absolute Gasteiger partial charge is 0.481 e. The van der Waals surface area contributed by atoms with Gasteiger partial charge in [0.25, 0.3) is 11.8 Å². The number of nitrogens with one attached hydrogen (secondary N) is 1. The van der Waals surface area contributed by atoms with Crippen molar-refractivity contribution in [1.82, 2.24) is 10.2 Å². The summed E-state index contributed by atoms with van der Waals surface area (Å²) in [7, 11) is 0. The zero-order valence-electron chi connectivity index (χ0n) is 23.5. The Balaban J connectivity index is 1.52. The Hall–Kier alpha value is -4.90. The van der Waals surface area contributed by atoms with E-state index in [0.717, 1.165) is 29.3 Å². The minimum absolute atomic E-state index is 0.00660. The normalized spacial score (nSPS) is 16.8. The van der Waals surface area contributed by atoms with Crippen molar-refractivity contribution in [3.05, 3.63) is 137 Å². The zero-order valence-corrected chi connectivity index (χ0v) is 24.3. The van der Waals surface area contributed by atoms with Crippen LogP contribution in [0, 0.1) is 5.82 Å². The first-order valence-corrected chi connectivity index (χ1v) is 14.8. The van der Waals surface area contributed by atoms with Crippen molar-refractivity contribution in [2.75, 3.05) is 5.75 Å². The van der Waals surface area contributed by atoms with Gasteiger partial charge in [-0.2, -0.15) is 13.2 Å². The molecule has 0 radical (unpaired) electrons. The number of rotatable bonds is 8. The fraction of sp³-hybridized carbons (Fsp3) is 0.147. The van der Waals surface area contributed by atoms with Crippen LogP contribution >= 0.6 is 11.8 Å². The van der Waals surface area contributed by atoms with Crippen LogP contribution in [0.1, 0.15) is 38.8 Å². The Morgan fingerprint density at radius 3 is 2.20 bits per heavy atom. The molecule has 1 saturated heterocycles. The van der Waals surface area contributed by atoms with Crippen molar-refractivity contribution >= 4 is 35.6 Å². The van der Waals surface area contributed by atoms with Crippen LogP contribution in [-0.4, -0.2) is 39.6 Å². The number of hydrogen-bond acceptors (Lipinski definition) is 4. The topological polar surface area (TPSA) is 86.7 Å². The number of thioether (sulfide) groups is 1. The van der Waals surface area contributed by atoms with E-state index in [2.05, 4.69) is 5.32 Å². The van der Waals surface area contributed by atoms with Gasteiger partial charge in [-0.25, -0.2) is 4.39 Å². The Kier molecular flexibility index (Phi) is 9.38. The molecular formula is C34H26F4N2O4S. The molecule has 45 heavy (non-hydrogen) atoms. The van der Waals surface area contributed by atoms with Crippen LogP contribution in [-0.2, 0) is 15.8 Å². The van der Waals surface area contributed by atoms with Gasteiger partial charge in [-0.15, -0.1) is 11.8 Å². The molecule has 2 atom stereocenters. The van der Waals surface area contributed by atoms with Crippen LogP contribution in [0.5, 0.6) is 0 Å². The van der Waals surface area contributed by atoms with E-state index in [-0.39, 0.29) is 22.6 Å². The minimum atomic E-state index is -4.65. The smallest absolute Gasteiger partial charge is 0.416 e. The summed E-state index contributed by atoms with van der Waals surface area (Å²) in [5.41, 5.74) is 1.16. The lowest BCUT2D eigenvalue weighted by molar-refractivity contribution is -0.140. The predicted molar refractivity (Wildman–Crippen MR) is 163 cm³/mol. The third-order valence-corrected chi connectivity index (χ3v) is 8.54. The maximum atomic E-state index is 14.2. The van der Waals surface area contributed by atoms with E-state index in [1.54, 1.807) is 24.3 Å². The molecule has 230 valence electrons. The van der Waals surface area contributed by atoms with Crippen LogP contribution < -0.4 is 5.32 Å². The van der Waals surface area contributed by atoms with Crippen molar-refractivity contribution in [3.63, 3.8) is 0 Å². The van der Waals surface area contributed by atoms with E-state index in [9.17, 15) is 37.1 Å². The summed E-state index contributed by atoms with van der Waals surface area (Å²) in [5, 5.41) is 11.4. The predicted octanol–water partition coefficient (Wildman–Crippen LogP) is 7.40. The van der Waals surface area contributed by atoms with Crippen molar-refractivity contribution < 1.29 is 37.1 Å². The third kappa shape index (κ3) is 7.61. The molecule has 0 aromatic heterocycles. The number of nitrogens with zero attached hydrogens (tertiary/aromatic N) is 1. The second-order valence-electron chi connectivity index (χ2n) is 10.3. The first-order valence-electron chi connectivity index (χ1n) is 13.8. The van der Waals surface area contributed by atoms with Crippen molar-refractivity contribution in [2.24, 2.45) is 0 Å². The van der Waals surface area contributed by atoms with Gasteiger partial charge >= 0.3 is 12.1 Å². The number of carboxylic acid groups (broad SMARTS) is 1. The van der Waals surface area contributed by atoms with E-state index in [4.69, 9.17) is 0 Å². The standard InChI is InChI=1S/C34H26F4N2O4S/c35-27-15-13-25(14-16-27)33-40(28(20-45-33)19-30(41)42)32(44)29(18-21-5-4-8-26(17-21)34(36,37)38)39-31(43)24-11-9-23(10-12-24)22-6-2-1-3-7-22/h1-18,28,33H,19-20H2,(H,39,43)(H,41,42)/b29-18+/t28-,33?/m1/s1. The molecule has 0 bridgehead atoms. The SMILES string of the molecule is O=C(O)C[C@@H]1CSC(c2ccc(F)cc2)N1C(=O)/C(=C\c1cccc(C(F)(F)F)c1)NC(=O)c1ccc(-c2ccccc2)cc1. The molecule has 4 aromatic carbocycles. The molecule has 0 aliphatic carbocycles. The quantitative estimate of drug-likeness (QED) is 0.156. The van der Waals surface area contributed by atoms with Gasteiger partial charge < -0.3 is 15.3 Å². The molecule has 1 fully saturated rings. The summed E-state index contributed by atoms with van der Waals surface area (Å²) in [6.07, 6.45) is -3.93. The van der Waals surface area contributed by atoms with Crippen molar-refractivity contribution in [1.29, 1.82) is 0 Å².